The van der Waals surface area contributed by atoms with E-state index in [2.05, 4.69) is 26.6 Å². The number of halogens is 1. The van der Waals surface area contributed by atoms with Crippen molar-refractivity contribution >= 4 is 33.4 Å². The minimum Gasteiger partial charge on any atom is -0.342 e. The molecule has 0 spiro atoms. The summed E-state index contributed by atoms with van der Waals surface area (Å²) in [5, 5.41) is 5.47. The van der Waals surface area contributed by atoms with Crippen molar-refractivity contribution in [3.63, 3.8) is 0 Å². The normalized spacial score (nSPS) is 33.8. The molecule has 0 bridgehead atoms. The van der Waals surface area contributed by atoms with Gasteiger partial charge in [0.05, 0.1) is 0 Å². The Hall–Kier alpha value is -1.56. The highest BCUT2D eigenvalue weighted by Gasteiger charge is 2.62. The standard InChI is InChI=1S/C21H27BrN2O7/c1-10(17(25)24-12-8-6-11(22)7-9-12)23-18(26)15-13-14(29-20(2,3)28-13)16-19(27-15)31-21(4,5)30-16/h6-10,13-16,19H,1-5H3,(H,23,26)(H,24,25). The van der Waals surface area contributed by atoms with Gasteiger partial charge in [-0.25, -0.2) is 0 Å². The molecule has 1 aromatic rings. The molecule has 3 saturated heterocycles. The maximum atomic E-state index is 13.1. The molecular formula is C21H27BrN2O7. The molecule has 0 aromatic heterocycles. The van der Waals surface area contributed by atoms with Gasteiger partial charge in [-0.3, -0.25) is 9.59 Å². The number of nitrogens with one attached hydrogen (secondary N) is 2. The zero-order valence-electron chi connectivity index (χ0n) is 18.0. The van der Waals surface area contributed by atoms with Crippen LogP contribution in [0.5, 0.6) is 0 Å². The summed E-state index contributed by atoms with van der Waals surface area (Å²) < 4.78 is 30.5. The Kier molecular flexibility index (Phi) is 5.91. The number of fused-ring (bicyclic) bond motifs is 3. The van der Waals surface area contributed by atoms with Crippen molar-refractivity contribution in [2.45, 2.75) is 82.9 Å². The van der Waals surface area contributed by atoms with Crippen LogP contribution in [0.2, 0.25) is 0 Å². The molecule has 0 saturated carbocycles. The quantitative estimate of drug-likeness (QED) is 0.655. The highest BCUT2D eigenvalue weighted by Crippen LogP contribution is 2.44. The highest BCUT2D eigenvalue weighted by molar-refractivity contribution is 9.10. The van der Waals surface area contributed by atoms with Crippen LogP contribution in [0.25, 0.3) is 0 Å². The molecule has 2 amide bonds. The lowest BCUT2D eigenvalue weighted by Crippen LogP contribution is -2.60. The van der Waals surface area contributed by atoms with Gasteiger partial charge in [0.2, 0.25) is 5.91 Å². The van der Waals surface area contributed by atoms with E-state index < -0.39 is 54.2 Å². The lowest BCUT2D eigenvalue weighted by molar-refractivity contribution is -0.231. The van der Waals surface area contributed by atoms with Gasteiger partial charge < -0.3 is 34.3 Å². The van der Waals surface area contributed by atoms with E-state index >= 15 is 0 Å². The average molecular weight is 499 g/mol. The van der Waals surface area contributed by atoms with Crippen molar-refractivity contribution in [1.82, 2.24) is 5.32 Å². The van der Waals surface area contributed by atoms with Gasteiger partial charge in [-0.2, -0.15) is 0 Å². The largest absolute Gasteiger partial charge is 0.342 e. The molecule has 4 rings (SSSR count). The zero-order valence-corrected chi connectivity index (χ0v) is 19.6. The highest BCUT2D eigenvalue weighted by atomic mass is 79.9. The maximum absolute atomic E-state index is 13.1. The van der Waals surface area contributed by atoms with Gasteiger partial charge in [0, 0.05) is 10.2 Å². The van der Waals surface area contributed by atoms with E-state index in [1.165, 1.54) is 0 Å². The first-order valence-electron chi connectivity index (χ1n) is 10.2. The average Bonchev–Trinajstić information content (AvgIpc) is 3.16. The summed E-state index contributed by atoms with van der Waals surface area (Å²) >= 11 is 3.35. The Morgan fingerprint density at radius 3 is 2.19 bits per heavy atom. The fourth-order valence-corrected chi connectivity index (χ4v) is 4.23. The molecule has 1 aromatic carbocycles. The van der Waals surface area contributed by atoms with E-state index in [1.54, 1.807) is 46.8 Å². The predicted octanol–water partition coefficient (Wildman–Crippen LogP) is 2.29. The van der Waals surface area contributed by atoms with Crippen LogP contribution in [-0.4, -0.2) is 60.1 Å². The molecule has 10 heteroatoms. The molecule has 6 atom stereocenters. The Morgan fingerprint density at radius 2 is 1.52 bits per heavy atom. The van der Waals surface area contributed by atoms with Crippen LogP contribution in [0.1, 0.15) is 34.6 Å². The first-order chi connectivity index (χ1) is 14.4. The zero-order chi connectivity index (χ0) is 22.6. The lowest BCUT2D eigenvalue weighted by atomic mass is 9.98. The van der Waals surface area contributed by atoms with Crippen LogP contribution >= 0.6 is 15.9 Å². The van der Waals surface area contributed by atoms with Gasteiger partial charge in [-0.15, -0.1) is 0 Å². The molecule has 3 aliphatic heterocycles. The van der Waals surface area contributed by atoms with E-state index in [-0.39, 0.29) is 5.91 Å². The summed E-state index contributed by atoms with van der Waals surface area (Å²) in [6.45, 7) is 8.68. The van der Waals surface area contributed by atoms with Crippen molar-refractivity contribution in [3.05, 3.63) is 28.7 Å². The molecule has 0 aliphatic carbocycles. The van der Waals surface area contributed by atoms with Crippen molar-refractivity contribution < 1.29 is 33.3 Å². The van der Waals surface area contributed by atoms with E-state index in [1.807, 2.05) is 12.1 Å². The van der Waals surface area contributed by atoms with Gasteiger partial charge in [0.15, 0.2) is 24.0 Å². The number of hydrogen-bond acceptors (Lipinski definition) is 7. The molecule has 6 unspecified atom stereocenters. The third kappa shape index (κ3) is 4.79. The number of amides is 2. The molecule has 2 N–H and O–H groups in total. The minimum atomic E-state index is -1.02. The van der Waals surface area contributed by atoms with Gasteiger partial charge >= 0.3 is 0 Å². The first kappa shape index (κ1) is 22.6. The van der Waals surface area contributed by atoms with Crippen molar-refractivity contribution in [3.8, 4) is 0 Å². The molecule has 31 heavy (non-hydrogen) atoms. The molecule has 3 aliphatic rings. The van der Waals surface area contributed by atoms with Crippen molar-refractivity contribution in [2.24, 2.45) is 0 Å². The summed E-state index contributed by atoms with van der Waals surface area (Å²) in [7, 11) is 0. The van der Waals surface area contributed by atoms with Crippen LogP contribution in [0.4, 0.5) is 5.69 Å². The number of ether oxygens (including phenoxy) is 5. The molecule has 3 fully saturated rings. The summed E-state index contributed by atoms with van der Waals surface area (Å²) in [4.78, 5) is 25.6. The Balaban J connectivity index is 1.44. The Morgan fingerprint density at radius 1 is 0.935 bits per heavy atom. The lowest BCUT2D eigenvalue weighted by Gasteiger charge is -2.36. The van der Waals surface area contributed by atoms with Gasteiger partial charge in [-0.05, 0) is 58.9 Å². The second-order valence-corrected chi connectivity index (χ2v) is 9.73. The first-order valence-corrected chi connectivity index (χ1v) is 11.0. The van der Waals surface area contributed by atoms with Gasteiger partial charge in [-0.1, -0.05) is 15.9 Å². The third-order valence-corrected chi connectivity index (χ3v) is 5.81. The second-order valence-electron chi connectivity index (χ2n) is 8.82. The van der Waals surface area contributed by atoms with Crippen molar-refractivity contribution in [2.75, 3.05) is 5.32 Å². The van der Waals surface area contributed by atoms with Crippen molar-refractivity contribution in [1.29, 1.82) is 0 Å². The fraction of sp³-hybridized carbons (Fsp3) is 0.619. The van der Waals surface area contributed by atoms with Crippen LogP contribution in [-0.2, 0) is 33.3 Å². The van der Waals surface area contributed by atoms with Gasteiger partial charge in [0.1, 0.15) is 24.4 Å². The molecule has 170 valence electrons. The summed E-state index contributed by atoms with van der Waals surface area (Å²) in [5.41, 5.74) is 0.624. The minimum absolute atomic E-state index is 0.355. The predicted molar refractivity (Wildman–Crippen MR) is 113 cm³/mol. The number of carbonyl (C=O) groups is 2. The number of hydrogen-bond donors (Lipinski definition) is 2. The maximum Gasteiger partial charge on any atom is 0.252 e. The molecule has 3 heterocycles. The fourth-order valence-electron chi connectivity index (χ4n) is 3.97. The van der Waals surface area contributed by atoms with Crippen LogP contribution in [0.15, 0.2) is 28.7 Å². The third-order valence-electron chi connectivity index (χ3n) is 5.28. The van der Waals surface area contributed by atoms with Crippen LogP contribution < -0.4 is 10.6 Å². The second kappa shape index (κ2) is 8.09. The van der Waals surface area contributed by atoms with Crippen LogP contribution in [0.3, 0.4) is 0 Å². The number of benzene rings is 1. The van der Waals surface area contributed by atoms with E-state index in [0.717, 1.165) is 4.47 Å². The topological polar surface area (TPSA) is 104 Å². The van der Waals surface area contributed by atoms with Gasteiger partial charge in [0.25, 0.3) is 5.91 Å². The smallest absolute Gasteiger partial charge is 0.252 e. The summed E-state index contributed by atoms with van der Waals surface area (Å²) in [6.07, 6.45) is -3.57. The summed E-state index contributed by atoms with van der Waals surface area (Å²) in [6, 6.07) is 6.35. The number of anilines is 1. The van der Waals surface area contributed by atoms with E-state index in [4.69, 9.17) is 23.7 Å². The van der Waals surface area contributed by atoms with E-state index in [9.17, 15) is 9.59 Å². The number of carbonyl (C=O) groups excluding carboxylic acids is 2. The monoisotopic (exact) mass is 498 g/mol. The molecular weight excluding hydrogens is 472 g/mol. The SMILES string of the molecule is CC(NC(=O)C1OC2OC(C)(C)OC2C2OC(C)(C)OC12)C(=O)Nc1ccc(Br)cc1. The number of rotatable bonds is 4. The molecule has 0 radical (unpaired) electrons. The van der Waals surface area contributed by atoms with E-state index in [0.29, 0.717) is 5.69 Å². The molecule has 9 nitrogen and oxygen atoms in total. The Labute approximate surface area is 189 Å². The Bertz CT molecular complexity index is 860. The summed E-state index contributed by atoms with van der Waals surface area (Å²) in [5.74, 6) is -2.63. The van der Waals surface area contributed by atoms with Crippen LogP contribution in [0, 0.1) is 0 Å².